The molecule has 0 radical (unpaired) electrons. The number of likely N-dealkylation sites (tertiary alicyclic amines) is 1. The van der Waals surface area contributed by atoms with E-state index in [0.717, 1.165) is 17.4 Å². The number of hydrogen-bond donors (Lipinski definition) is 1. The van der Waals surface area contributed by atoms with Crippen LogP contribution in [0.15, 0.2) is 46.2 Å². The predicted octanol–water partition coefficient (Wildman–Crippen LogP) is 5.23. The molecule has 4 rings (SSSR count). The van der Waals surface area contributed by atoms with E-state index in [1.165, 1.54) is 34.4 Å². The average molecular weight is 422 g/mol. The molecule has 0 spiro atoms. The molecule has 2 aromatic heterocycles. The van der Waals surface area contributed by atoms with Crippen molar-refractivity contribution in [3.63, 3.8) is 0 Å². The number of carbonyl (C=O) groups excluding carboxylic acids is 1. The van der Waals surface area contributed by atoms with Gasteiger partial charge >= 0.3 is 12.2 Å². The van der Waals surface area contributed by atoms with E-state index in [1.807, 2.05) is 17.5 Å². The molecule has 1 atom stereocenters. The van der Waals surface area contributed by atoms with E-state index in [2.05, 4.69) is 15.5 Å². The van der Waals surface area contributed by atoms with Gasteiger partial charge < -0.3 is 14.6 Å². The Labute approximate surface area is 168 Å². The molecule has 1 aromatic carbocycles. The monoisotopic (exact) mass is 422 g/mol. The van der Waals surface area contributed by atoms with Crippen molar-refractivity contribution in [2.75, 3.05) is 18.4 Å². The highest BCUT2D eigenvalue weighted by molar-refractivity contribution is 7.13. The molecule has 0 bridgehead atoms. The van der Waals surface area contributed by atoms with Gasteiger partial charge in [-0.25, -0.2) is 4.79 Å². The quantitative estimate of drug-likeness (QED) is 0.628. The SMILES string of the molecule is O=C(Nc1ccccc1C(F)(F)F)N1CCCC(c2nnc(-c3cccs3)o2)C1. The summed E-state index contributed by atoms with van der Waals surface area (Å²) in [4.78, 5) is 14.9. The van der Waals surface area contributed by atoms with E-state index >= 15 is 0 Å². The minimum absolute atomic E-state index is 0.159. The highest BCUT2D eigenvalue weighted by Gasteiger charge is 2.34. The van der Waals surface area contributed by atoms with Gasteiger partial charge in [0.1, 0.15) is 0 Å². The van der Waals surface area contributed by atoms with E-state index < -0.39 is 17.8 Å². The fourth-order valence-corrected chi connectivity index (χ4v) is 3.94. The Kier molecular flexibility index (Phi) is 5.27. The lowest BCUT2D eigenvalue weighted by Gasteiger charge is -2.31. The summed E-state index contributed by atoms with van der Waals surface area (Å²) >= 11 is 1.48. The summed E-state index contributed by atoms with van der Waals surface area (Å²) in [5, 5.41) is 12.5. The molecule has 0 saturated carbocycles. The van der Waals surface area contributed by atoms with Gasteiger partial charge in [0.15, 0.2) is 0 Å². The fraction of sp³-hybridized carbons (Fsp3) is 0.316. The number of urea groups is 1. The predicted molar refractivity (Wildman–Crippen MR) is 102 cm³/mol. The lowest BCUT2D eigenvalue weighted by molar-refractivity contribution is -0.136. The fourth-order valence-electron chi connectivity index (χ4n) is 3.30. The number of nitrogens with zero attached hydrogens (tertiary/aromatic N) is 3. The molecule has 0 aliphatic carbocycles. The number of halogens is 3. The van der Waals surface area contributed by atoms with Crippen molar-refractivity contribution in [2.24, 2.45) is 0 Å². The van der Waals surface area contributed by atoms with Crippen LogP contribution in [0, 0.1) is 0 Å². The van der Waals surface area contributed by atoms with Crippen LogP contribution in [0.1, 0.15) is 30.2 Å². The Bertz CT molecular complexity index is 988. The van der Waals surface area contributed by atoms with E-state index in [1.54, 1.807) is 0 Å². The van der Waals surface area contributed by atoms with Crippen LogP contribution in [0.4, 0.5) is 23.7 Å². The van der Waals surface area contributed by atoms with E-state index in [4.69, 9.17) is 4.42 Å². The summed E-state index contributed by atoms with van der Waals surface area (Å²) in [6.07, 6.45) is -3.10. The molecule has 3 heterocycles. The van der Waals surface area contributed by atoms with Crippen molar-refractivity contribution in [3.05, 3.63) is 53.2 Å². The van der Waals surface area contributed by atoms with Crippen molar-refractivity contribution < 1.29 is 22.4 Å². The average Bonchev–Trinajstić information content (AvgIpc) is 3.39. The Morgan fingerprint density at radius 2 is 2.03 bits per heavy atom. The molecule has 1 aliphatic heterocycles. The zero-order valence-corrected chi connectivity index (χ0v) is 16.0. The van der Waals surface area contributed by atoms with Gasteiger partial charge in [-0.15, -0.1) is 21.5 Å². The highest BCUT2D eigenvalue weighted by Crippen LogP contribution is 2.35. The van der Waals surface area contributed by atoms with Crippen LogP contribution in [0.25, 0.3) is 10.8 Å². The summed E-state index contributed by atoms with van der Waals surface area (Å²) in [6.45, 7) is 0.745. The number of anilines is 1. The third kappa shape index (κ3) is 4.26. The molecule has 1 fully saturated rings. The number of piperidine rings is 1. The van der Waals surface area contributed by atoms with Gasteiger partial charge in [0.25, 0.3) is 5.89 Å². The number of hydrogen-bond acceptors (Lipinski definition) is 5. The molecular weight excluding hydrogens is 405 g/mol. The molecule has 6 nitrogen and oxygen atoms in total. The van der Waals surface area contributed by atoms with Crippen molar-refractivity contribution in [1.82, 2.24) is 15.1 Å². The molecule has 1 unspecified atom stereocenters. The van der Waals surface area contributed by atoms with Crippen LogP contribution >= 0.6 is 11.3 Å². The second kappa shape index (κ2) is 7.86. The summed E-state index contributed by atoms with van der Waals surface area (Å²) in [5.74, 6) is 0.700. The van der Waals surface area contributed by atoms with E-state index in [-0.39, 0.29) is 11.6 Å². The summed E-state index contributed by atoms with van der Waals surface area (Å²) in [7, 11) is 0. The van der Waals surface area contributed by atoms with Crippen molar-refractivity contribution in [3.8, 4) is 10.8 Å². The third-order valence-corrected chi connectivity index (χ3v) is 5.56. The first-order chi connectivity index (χ1) is 13.9. The van der Waals surface area contributed by atoms with Crippen LogP contribution < -0.4 is 5.32 Å². The molecule has 3 aromatic rings. The summed E-state index contributed by atoms with van der Waals surface area (Å²) < 4.78 is 45.2. The highest BCUT2D eigenvalue weighted by atomic mass is 32.1. The largest absolute Gasteiger partial charge is 0.420 e. The van der Waals surface area contributed by atoms with Crippen molar-refractivity contribution in [2.45, 2.75) is 24.9 Å². The topological polar surface area (TPSA) is 71.3 Å². The minimum Gasteiger partial charge on any atom is -0.420 e. The van der Waals surface area contributed by atoms with Gasteiger partial charge in [-0.3, -0.25) is 0 Å². The standard InChI is InChI=1S/C19H17F3N4O2S/c20-19(21,22)13-6-1-2-7-14(13)23-18(27)26-9-3-5-12(11-26)16-24-25-17(28-16)15-8-4-10-29-15/h1-2,4,6-8,10,12H,3,5,9,11H2,(H,23,27). The maximum absolute atomic E-state index is 13.2. The number of rotatable bonds is 3. The normalized spacial score (nSPS) is 17.3. The number of nitrogens with one attached hydrogen (secondary N) is 1. The molecule has 10 heteroatoms. The van der Waals surface area contributed by atoms with Gasteiger partial charge in [-0.2, -0.15) is 13.2 Å². The van der Waals surface area contributed by atoms with E-state index in [0.29, 0.717) is 31.3 Å². The second-order valence-corrected chi connectivity index (χ2v) is 7.63. The minimum atomic E-state index is -4.55. The lowest BCUT2D eigenvalue weighted by Crippen LogP contribution is -2.42. The zero-order chi connectivity index (χ0) is 20.4. The maximum atomic E-state index is 13.2. The van der Waals surface area contributed by atoms with Crippen molar-refractivity contribution in [1.29, 1.82) is 0 Å². The number of amides is 2. The molecule has 1 aliphatic rings. The molecule has 1 N–H and O–H groups in total. The summed E-state index contributed by atoms with van der Waals surface area (Å²) in [5.41, 5.74) is -1.13. The molecule has 152 valence electrons. The van der Waals surface area contributed by atoms with E-state index in [9.17, 15) is 18.0 Å². The number of alkyl halides is 3. The molecule has 2 amide bonds. The Morgan fingerprint density at radius 3 is 2.79 bits per heavy atom. The Morgan fingerprint density at radius 1 is 1.21 bits per heavy atom. The molecule has 29 heavy (non-hydrogen) atoms. The maximum Gasteiger partial charge on any atom is 0.418 e. The van der Waals surface area contributed by atoms with Crippen molar-refractivity contribution >= 4 is 23.1 Å². The number of aromatic nitrogens is 2. The van der Waals surface area contributed by atoms with Crippen LogP contribution in [-0.4, -0.2) is 34.2 Å². The zero-order valence-electron chi connectivity index (χ0n) is 15.1. The Balaban J connectivity index is 1.46. The van der Waals surface area contributed by atoms with Gasteiger partial charge in [0, 0.05) is 13.1 Å². The number of para-hydroxylation sites is 1. The smallest absolute Gasteiger partial charge is 0.418 e. The first-order valence-corrected chi connectivity index (χ1v) is 9.89. The number of carbonyl (C=O) groups is 1. The lowest BCUT2D eigenvalue weighted by atomic mass is 9.98. The Hall–Kier alpha value is -2.88. The van der Waals surface area contributed by atoms with Gasteiger partial charge in [0.2, 0.25) is 5.89 Å². The second-order valence-electron chi connectivity index (χ2n) is 6.68. The molecular formula is C19H17F3N4O2S. The van der Waals surface area contributed by atoms with Gasteiger partial charge in [0.05, 0.1) is 22.0 Å². The summed E-state index contributed by atoms with van der Waals surface area (Å²) in [6, 6.07) is 8.11. The first kappa shape index (κ1) is 19.4. The van der Waals surface area contributed by atoms with Crippen LogP contribution in [0.2, 0.25) is 0 Å². The third-order valence-electron chi connectivity index (χ3n) is 4.70. The molecule has 1 saturated heterocycles. The number of benzene rings is 1. The first-order valence-electron chi connectivity index (χ1n) is 9.01. The van der Waals surface area contributed by atoms with Crippen LogP contribution in [0.3, 0.4) is 0 Å². The van der Waals surface area contributed by atoms with Gasteiger partial charge in [-0.05, 0) is 36.4 Å². The van der Waals surface area contributed by atoms with Crippen LogP contribution in [0.5, 0.6) is 0 Å². The van der Waals surface area contributed by atoms with Gasteiger partial charge in [-0.1, -0.05) is 18.2 Å². The van der Waals surface area contributed by atoms with Crippen LogP contribution in [-0.2, 0) is 6.18 Å². The number of thiophene rings is 1.